The van der Waals surface area contributed by atoms with Crippen molar-refractivity contribution in [2.24, 2.45) is 5.41 Å². The van der Waals surface area contributed by atoms with E-state index < -0.39 is 25.4 Å². The quantitative estimate of drug-likeness (QED) is 0.174. The van der Waals surface area contributed by atoms with Gasteiger partial charge < -0.3 is 24.2 Å². The Labute approximate surface area is 206 Å². The topological polar surface area (TPSA) is 118 Å². The summed E-state index contributed by atoms with van der Waals surface area (Å²) in [6, 6.07) is 3.34. The molecule has 0 amide bonds. The molecule has 2 rings (SSSR count). The summed E-state index contributed by atoms with van der Waals surface area (Å²) in [4.78, 5) is 33.1. The van der Waals surface area contributed by atoms with Gasteiger partial charge in [0.1, 0.15) is 5.75 Å². The molecular formula is C23H36ClN2O7P. The summed E-state index contributed by atoms with van der Waals surface area (Å²) in [5, 5.41) is 3.96. The van der Waals surface area contributed by atoms with Crippen LogP contribution in [-0.2, 0) is 25.0 Å². The van der Waals surface area contributed by atoms with E-state index in [4.69, 9.17) is 25.6 Å². The first-order valence-electron chi connectivity index (χ1n) is 11.1. The second-order valence-corrected chi connectivity index (χ2v) is 11.3. The molecule has 0 saturated carbocycles. The van der Waals surface area contributed by atoms with Crippen LogP contribution in [0.25, 0.3) is 0 Å². The Balaban J connectivity index is 2.37. The first-order valence-corrected chi connectivity index (χ1v) is 13.0. The number of benzene rings is 1. The summed E-state index contributed by atoms with van der Waals surface area (Å²) in [7, 11) is -0.00132. The highest BCUT2D eigenvalue weighted by Crippen LogP contribution is 2.42. The molecule has 0 spiro atoms. The number of Topliss-reactive ketones (excluding diaryl/α,β-unsaturated/α-hetero) is 1. The number of fused-ring (bicyclic) bond motifs is 1. The Bertz CT molecular complexity index is 940. The summed E-state index contributed by atoms with van der Waals surface area (Å²) in [5.41, 5.74) is 1.75. The molecule has 34 heavy (non-hydrogen) atoms. The Morgan fingerprint density at radius 2 is 1.97 bits per heavy atom. The minimum atomic E-state index is -4.90. The van der Waals surface area contributed by atoms with Gasteiger partial charge in [0.2, 0.25) is 5.78 Å². The van der Waals surface area contributed by atoms with Gasteiger partial charge in [0.15, 0.2) is 5.76 Å². The number of hydrogen-bond acceptors (Lipinski definition) is 7. The molecule has 0 bridgehead atoms. The number of carbonyl (C=O) groups excluding carboxylic acids is 1. The second kappa shape index (κ2) is 11.9. The van der Waals surface area contributed by atoms with E-state index in [1.54, 1.807) is 27.3 Å². The Morgan fingerprint density at radius 1 is 1.29 bits per heavy atom. The van der Waals surface area contributed by atoms with Crippen molar-refractivity contribution in [2.75, 3.05) is 34.4 Å². The van der Waals surface area contributed by atoms with Crippen LogP contribution in [0.3, 0.4) is 0 Å². The minimum Gasteiger partial charge on any atom is -0.492 e. The maximum atomic E-state index is 13.1. The zero-order valence-corrected chi connectivity index (χ0v) is 22.3. The lowest BCUT2D eigenvalue weighted by Crippen LogP contribution is -2.47. The molecule has 0 aliphatic carbocycles. The molecule has 1 aliphatic heterocycles. The molecular weight excluding hydrogens is 483 g/mol. The molecule has 1 heterocycles. The van der Waals surface area contributed by atoms with Crippen LogP contribution >= 0.6 is 19.4 Å². The lowest BCUT2D eigenvalue weighted by atomic mass is 9.77. The fourth-order valence-corrected chi connectivity index (χ4v) is 4.37. The smallest absolute Gasteiger partial charge is 0.492 e. The number of phosphoric ester groups is 1. The fourth-order valence-electron chi connectivity index (χ4n) is 3.74. The zero-order chi connectivity index (χ0) is 25.7. The van der Waals surface area contributed by atoms with Crippen molar-refractivity contribution in [1.82, 2.24) is 10.2 Å². The molecule has 2 unspecified atom stereocenters. The lowest BCUT2D eigenvalue weighted by molar-refractivity contribution is -0.118. The number of rotatable bonds is 11. The van der Waals surface area contributed by atoms with Crippen LogP contribution in [0.15, 0.2) is 24.1 Å². The van der Waals surface area contributed by atoms with Crippen molar-refractivity contribution in [3.05, 3.63) is 40.2 Å². The Kier molecular flexibility index (Phi) is 10.0. The predicted molar refractivity (Wildman–Crippen MR) is 131 cm³/mol. The summed E-state index contributed by atoms with van der Waals surface area (Å²) < 4.78 is 27.0. The molecule has 1 aromatic rings. The number of carbonyl (C=O) groups is 1. The monoisotopic (exact) mass is 518 g/mol. The van der Waals surface area contributed by atoms with Gasteiger partial charge in [0.05, 0.1) is 11.6 Å². The van der Waals surface area contributed by atoms with Gasteiger partial charge in [-0.05, 0) is 35.1 Å². The van der Waals surface area contributed by atoms with Crippen LogP contribution in [0.5, 0.6) is 5.75 Å². The van der Waals surface area contributed by atoms with E-state index in [-0.39, 0.29) is 17.9 Å². The number of allylic oxidation sites excluding steroid dienone is 1. The van der Waals surface area contributed by atoms with E-state index in [0.29, 0.717) is 30.4 Å². The molecule has 2 atom stereocenters. The summed E-state index contributed by atoms with van der Waals surface area (Å²) in [5.74, 6) is -0.357. The highest BCUT2D eigenvalue weighted by atomic mass is 35.5. The van der Waals surface area contributed by atoms with Crippen LogP contribution < -0.4 is 10.1 Å². The third-order valence-electron chi connectivity index (χ3n) is 5.45. The Morgan fingerprint density at radius 3 is 2.53 bits per heavy atom. The molecule has 9 nitrogen and oxygen atoms in total. The SMILES string of the molecule is COCCCOc1cc2c(cc1Cl)C(CC(=O)C(=CN(C)C)OP(=O)(O)O)NC(C(C)(C)C)C2. The van der Waals surface area contributed by atoms with Crippen molar-refractivity contribution in [3.63, 3.8) is 0 Å². The van der Waals surface area contributed by atoms with E-state index in [2.05, 4.69) is 26.1 Å². The number of phosphoric acid groups is 1. The van der Waals surface area contributed by atoms with Gasteiger partial charge in [-0.25, -0.2) is 4.57 Å². The van der Waals surface area contributed by atoms with Crippen LogP contribution in [0.4, 0.5) is 0 Å². The lowest BCUT2D eigenvalue weighted by Gasteiger charge is -2.40. The molecule has 0 aromatic heterocycles. The molecule has 11 heteroatoms. The predicted octanol–water partition coefficient (Wildman–Crippen LogP) is 3.83. The minimum absolute atomic E-state index is 0.0456. The molecule has 1 aliphatic rings. The summed E-state index contributed by atoms with van der Waals surface area (Å²) >= 11 is 6.51. The van der Waals surface area contributed by atoms with Gasteiger partial charge in [-0.1, -0.05) is 32.4 Å². The summed E-state index contributed by atoms with van der Waals surface area (Å²) in [6.07, 6.45) is 2.64. The second-order valence-electron chi connectivity index (χ2n) is 9.68. The van der Waals surface area contributed by atoms with E-state index >= 15 is 0 Å². The molecule has 1 aromatic carbocycles. The van der Waals surface area contributed by atoms with Gasteiger partial charge in [-0.2, -0.15) is 0 Å². The number of methoxy groups -OCH3 is 1. The van der Waals surface area contributed by atoms with Crippen molar-refractivity contribution in [1.29, 1.82) is 0 Å². The van der Waals surface area contributed by atoms with Gasteiger partial charge in [0.25, 0.3) is 0 Å². The maximum absolute atomic E-state index is 13.1. The average Bonchev–Trinajstić information content (AvgIpc) is 2.69. The first kappa shape index (κ1) is 28.6. The molecule has 0 radical (unpaired) electrons. The standard InChI is InChI=1S/C23H36ClN2O7P/c1-23(2,3)22-11-15-10-20(32-9-7-8-31-6)17(24)12-16(15)18(25-22)13-19(27)21(14-26(4)5)33-34(28,29)30/h10,12,14,18,22,25H,7-9,11,13H2,1-6H3,(H2,28,29,30). The average molecular weight is 519 g/mol. The third-order valence-corrected chi connectivity index (χ3v) is 6.18. The van der Waals surface area contributed by atoms with E-state index in [1.807, 2.05) is 6.07 Å². The molecule has 0 saturated heterocycles. The van der Waals surface area contributed by atoms with E-state index in [1.165, 1.54) is 11.1 Å². The number of nitrogens with zero attached hydrogens (tertiary/aromatic N) is 1. The zero-order valence-electron chi connectivity index (χ0n) is 20.6. The van der Waals surface area contributed by atoms with Crippen molar-refractivity contribution < 1.29 is 33.1 Å². The van der Waals surface area contributed by atoms with Crippen molar-refractivity contribution in [3.8, 4) is 5.75 Å². The summed E-state index contributed by atoms with van der Waals surface area (Å²) in [6.45, 7) is 7.39. The Hall–Kier alpha value is -1.61. The molecule has 3 N–H and O–H groups in total. The molecule has 0 fully saturated rings. The first-order chi connectivity index (χ1) is 15.7. The van der Waals surface area contributed by atoms with Gasteiger partial charge >= 0.3 is 7.82 Å². The van der Waals surface area contributed by atoms with Crippen LogP contribution in [0.2, 0.25) is 5.02 Å². The number of ketones is 1. The van der Waals surface area contributed by atoms with Crippen molar-refractivity contribution in [2.45, 2.75) is 52.1 Å². The van der Waals surface area contributed by atoms with Crippen LogP contribution in [-0.4, -0.2) is 60.9 Å². The normalized spacial score (nSPS) is 18.9. The van der Waals surface area contributed by atoms with Gasteiger partial charge in [0, 0.05) is 58.9 Å². The largest absolute Gasteiger partial charge is 0.524 e. The fraction of sp³-hybridized carbons (Fsp3) is 0.609. The number of ether oxygens (including phenoxy) is 2. The van der Waals surface area contributed by atoms with E-state index in [9.17, 15) is 19.1 Å². The highest BCUT2D eigenvalue weighted by Gasteiger charge is 2.36. The van der Waals surface area contributed by atoms with Crippen LogP contribution in [0, 0.1) is 5.41 Å². The van der Waals surface area contributed by atoms with Gasteiger partial charge in [-0.3, -0.25) is 14.6 Å². The van der Waals surface area contributed by atoms with Crippen LogP contribution in [0.1, 0.15) is 50.8 Å². The molecule has 192 valence electrons. The maximum Gasteiger partial charge on any atom is 0.524 e. The van der Waals surface area contributed by atoms with Gasteiger partial charge in [-0.15, -0.1) is 0 Å². The number of hydrogen-bond donors (Lipinski definition) is 3. The van der Waals surface area contributed by atoms with Crippen molar-refractivity contribution >= 4 is 25.2 Å². The highest BCUT2D eigenvalue weighted by molar-refractivity contribution is 7.46. The third kappa shape index (κ3) is 8.56. The number of halogens is 1. The number of nitrogens with one attached hydrogen (secondary N) is 1. The van der Waals surface area contributed by atoms with E-state index in [0.717, 1.165) is 17.5 Å².